The SMILES string of the molecule is Clc1ccc(CN2CCC(CBr)C2)cc1Cl. The van der Waals surface area contributed by atoms with Gasteiger partial charge in [0.05, 0.1) is 10.0 Å². The lowest BCUT2D eigenvalue weighted by Gasteiger charge is -2.15. The van der Waals surface area contributed by atoms with Gasteiger partial charge in [-0.05, 0) is 36.6 Å². The van der Waals surface area contributed by atoms with Crippen molar-refractivity contribution in [2.24, 2.45) is 5.92 Å². The van der Waals surface area contributed by atoms with Crippen molar-refractivity contribution >= 4 is 39.1 Å². The van der Waals surface area contributed by atoms with Gasteiger partial charge in [-0.1, -0.05) is 45.2 Å². The molecule has 1 saturated heterocycles. The fraction of sp³-hybridized carbons (Fsp3) is 0.500. The van der Waals surface area contributed by atoms with Gasteiger partial charge in [-0.25, -0.2) is 0 Å². The highest BCUT2D eigenvalue weighted by Gasteiger charge is 2.21. The van der Waals surface area contributed by atoms with E-state index in [0.717, 1.165) is 17.8 Å². The standard InChI is InChI=1S/C12H14BrCl2N/c13-6-10-3-4-16(8-10)7-9-1-2-11(14)12(15)5-9/h1-2,5,10H,3-4,6-8H2. The summed E-state index contributed by atoms with van der Waals surface area (Å²) in [6.07, 6.45) is 1.28. The second-order valence-corrected chi connectivity index (χ2v) is 5.75. The number of hydrogen-bond acceptors (Lipinski definition) is 1. The minimum atomic E-state index is 0.630. The molecule has 0 saturated carbocycles. The zero-order valence-corrected chi connectivity index (χ0v) is 12.0. The van der Waals surface area contributed by atoms with Crippen molar-refractivity contribution in [1.29, 1.82) is 0 Å². The molecule has 1 aliphatic heterocycles. The fourth-order valence-electron chi connectivity index (χ4n) is 2.08. The van der Waals surface area contributed by atoms with Crippen LogP contribution in [0.15, 0.2) is 18.2 Å². The van der Waals surface area contributed by atoms with Crippen molar-refractivity contribution in [3.8, 4) is 0 Å². The van der Waals surface area contributed by atoms with Crippen LogP contribution in [0.5, 0.6) is 0 Å². The van der Waals surface area contributed by atoms with Crippen LogP contribution in [-0.4, -0.2) is 23.3 Å². The van der Waals surface area contributed by atoms with Crippen LogP contribution >= 0.6 is 39.1 Å². The zero-order valence-electron chi connectivity index (χ0n) is 8.93. The molecule has 0 amide bonds. The molecule has 1 unspecified atom stereocenters. The summed E-state index contributed by atoms with van der Waals surface area (Å²) < 4.78 is 0. The summed E-state index contributed by atoms with van der Waals surface area (Å²) in [6.45, 7) is 3.32. The molecule has 0 aromatic heterocycles. The molecule has 0 spiro atoms. The molecule has 1 aromatic rings. The third-order valence-corrected chi connectivity index (χ3v) is 4.63. The second-order valence-electron chi connectivity index (χ2n) is 4.29. The van der Waals surface area contributed by atoms with Crippen LogP contribution in [0.1, 0.15) is 12.0 Å². The number of hydrogen-bond donors (Lipinski definition) is 0. The fourth-order valence-corrected chi connectivity index (χ4v) is 2.93. The Morgan fingerprint density at radius 3 is 2.75 bits per heavy atom. The molecular formula is C12H14BrCl2N. The third-order valence-electron chi connectivity index (χ3n) is 2.98. The van der Waals surface area contributed by atoms with Crippen LogP contribution in [0, 0.1) is 5.92 Å². The topological polar surface area (TPSA) is 3.24 Å². The van der Waals surface area contributed by atoms with Gasteiger partial charge in [0.15, 0.2) is 0 Å². The Kier molecular flexibility index (Phi) is 4.54. The van der Waals surface area contributed by atoms with Crippen molar-refractivity contribution in [2.75, 3.05) is 18.4 Å². The van der Waals surface area contributed by atoms with Gasteiger partial charge < -0.3 is 0 Å². The molecule has 88 valence electrons. The van der Waals surface area contributed by atoms with E-state index in [2.05, 4.69) is 26.9 Å². The van der Waals surface area contributed by atoms with Gasteiger partial charge in [-0.3, -0.25) is 4.90 Å². The van der Waals surface area contributed by atoms with Crippen LogP contribution in [0.2, 0.25) is 10.0 Å². The van der Waals surface area contributed by atoms with Gasteiger partial charge in [0.1, 0.15) is 0 Å². The van der Waals surface area contributed by atoms with Crippen molar-refractivity contribution in [3.63, 3.8) is 0 Å². The minimum Gasteiger partial charge on any atom is -0.299 e. The van der Waals surface area contributed by atoms with Crippen molar-refractivity contribution in [3.05, 3.63) is 33.8 Å². The van der Waals surface area contributed by atoms with Gasteiger partial charge in [0.2, 0.25) is 0 Å². The van der Waals surface area contributed by atoms with E-state index in [1.807, 2.05) is 12.1 Å². The van der Waals surface area contributed by atoms with E-state index in [4.69, 9.17) is 23.2 Å². The number of benzene rings is 1. The number of nitrogens with zero attached hydrogens (tertiary/aromatic N) is 1. The molecule has 16 heavy (non-hydrogen) atoms. The normalized spacial score (nSPS) is 21.6. The van der Waals surface area contributed by atoms with E-state index >= 15 is 0 Å². The van der Waals surface area contributed by atoms with Gasteiger partial charge in [-0.15, -0.1) is 0 Å². The number of halogens is 3. The summed E-state index contributed by atoms with van der Waals surface area (Å²) in [4.78, 5) is 2.46. The predicted octanol–water partition coefficient (Wildman–Crippen LogP) is 4.21. The zero-order chi connectivity index (χ0) is 11.5. The number of likely N-dealkylation sites (tertiary alicyclic amines) is 1. The molecule has 1 atom stereocenters. The molecule has 4 heteroatoms. The van der Waals surface area contributed by atoms with E-state index in [9.17, 15) is 0 Å². The Hall–Kier alpha value is 0.240. The summed E-state index contributed by atoms with van der Waals surface area (Å²) in [5.74, 6) is 0.794. The van der Waals surface area contributed by atoms with Crippen LogP contribution in [0.4, 0.5) is 0 Å². The van der Waals surface area contributed by atoms with Crippen molar-refractivity contribution in [1.82, 2.24) is 4.90 Å². The van der Waals surface area contributed by atoms with Gasteiger partial charge in [-0.2, -0.15) is 0 Å². The highest BCUT2D eigenvalue weighted by atomic mass is 79.9. The lowest BCUT2D eigenvalue weighted by atomic mass is 10.2. The summed E-state index contributed by atoms with van der Waals surface area (Å²) >= 11 is 15.4. The average molecular weight is 323 g/mol. The van der Waals surface area contributed by atoms with E-state index in [1.165, 1.54) is 25.1 Å². The maximum Gasteiger partial charge on any atom is 0.0595 e. The number of rotatable bonds is 3. The molecule has 2 rings (SSSR count). The molecule has 0 bridgehead atoms. The van der Waals surface area contributed by atoms with E-state index < -0.39 is 0 Å². The molecule has 0 aliphatic carbocycles. The highest BCUT2D eigenvalue weighted by molar-refractivity contribution is 9.09. The molecule has 1 fully saturated rings. The van der Waals surface area contributed by atoms with E-state index in [0.29, 0.717) is 10.0 Å². The Labute approximate surface area is 115 Å². The molecule has 0 N–H and O–H groups in total. The first-order valence-corrected chi connectivity index (χ1v) is 7.29. The van der Waals surface area contributed by atoms with Crippen molar-refractivity contribution in [2.45, 2.75) is 13.0 Å². The van der Waals surface area contributed by atoms with Crippen LogP contribution in [0.25, 0.3) is 0 Å². The Bertz CT molecular complexity index is 370. The largest absolute Gasteiger partial charge is 0.299 e. The number of alkyl halides is 1. The highest BCUT2D eigenvalue weighted by Crippen LogP contribution is 2.25. The quantitative estimate of drug-likeness (QED) is 0.753. The maximum atomic E-state index is 6.00. The predicted molar refractivity (Wildman–Crippen MR) is 73.6 cm³/mol. The van der Waals surface area contributed by atoms with E-state index in [-0.39, 0.29) is 0 Å². The molecule has 1 heterocycles. The second kappa shape index (κ2) is 5.72. The summed E-state index contributed by atoms with van der Waals surface area (Å²) in [5, 5.41) is 2.38. The summed E-state index contributed by atoms with van der Waals surface area (Å²) in [7, 11) is 0. The Balaban J connectivity index is 1.97. The van der Waals surface area contributed by atoms with E-state index in [1.54, 1.807) is 0 Å². The lowest BCUT2D eigenvalue weighted by molar-refractivity contribution is 0.321. The average Bonchev–Trinajstić information content (AvgIpc) is 2.71. The first kappa shape index (κ1) is 12.7. The summed E-state index contributed by atoms with van der Waals surface area (Å²) in [5.41, 5.74) is 1.24. The monoisotopic (exact) mass is 321 g/mol. The van der Waals surface area contributed by atoms with Crippen LogP contribution in [0.3, 0.4) is 0 Å². The first-order chi connectivity index (χ1) is 7.69. The molecule has 0 radical (unpaired) electrons. The van der Waals surface area contributed by atoms with Crippen LogP contribution in [-0.2, 0) is 6.54 Å². The first-order valence-electron chi connectivity index (χ1n) is 5.41. The molecular weight excluding hydrogens is 309 g/mol. The molecule has 1 nitrogen and oxygen atoms in total. The smallest absolute Gasteiger partial charge is 0.0595 e. The van der Waals surface area contributed by atoms with Gasteiger partial charge >= 0.3 is 0 Å². The Morgan fingerprint density at radius 2 is 2.12 bits per heavy atom. The lowest BCUT2D eigenvalue weighted by Crippen LogP contribution is -2.20. The maximum absolute atomic E-state index is 6.00. The Morgan fingerprint density at radius 1 is 1.31 bits per heavy atom. The third kappa shape index (κ3) is 3.13. The van der Waals surface area contributed by atoms with Crippen molar-refractivity contribution < 1.29 is 0 Å². The molecule has 1 aromatic carbocycles. The molecule has 1 aliphatic rings. The van der Waals surface area contributed by atoms with Gasteiger partial charge in [0.25, 0.3) is 0 Å². The van der Waals surface area contributed by atoms with Crippen LogP contribution < -0.4 is 0 Å². The summed E-state index contributed by atoms with van der Waals surface area (Å²) in [6, 6.07) is 5.89. The van der Waals surface area contributed by atoms with Gasteiger partial charge in [0, 0.05) is 18.4 Å². The minimum absolute atomic E-state index is 0.630.